The Kier molecular flexibility index (Phi) is 5.50. The summed E-state index contributed by atoms with van der Waals surface area (Å²) >= 11 is 11.9. The average Bonchev–Trinajstić information content (AvgIpc) is 3.15. The van der Waals surface area contributed by atoms with Crippen LogP contribution in [0, 0.1) is 11.3 Å². The van der Waals surface area contributed by atoms with Crippen LogP contribution in [0.25, 0.3) is 11.3 Å². The summed E-state index contributed by atoms with van der Waals surface area (Å²) in [6, 6.07) is 9.77. The van der Waals surface area contributed by atoms with Gasteiger partial charge in [-0.25, -0.2) is 9.78 Å². The van der Waals surface area contributed by atoms with E-state index in [9.17, 15) is 9.59 Å². The van der Waals surface area contributed by atoms with Gasteiger partial charge in [0.2, 0.25) is 0 Å². The first-order valence-corrected chi connectivity index (χ1v) is 9.90. The second-order valence-corrected chi connectivity index (χ2v) is 7.56. The Morgan fingerprint density at radius 3 is 2.58 bits per heavy atom. The minimum Gasteiger partial charge on any atom is -0.365 e. The number of nitriles is 1. The lowest BCUT2D eigenvalue weighted by atomic mass is 10.1. The molecule has 3 heterocycles. The standard InChI is InChI=1S/C20H15Cl2N7O2/c21-14-7-12(9-25-18(14)22)17-16(19(24)30)15-10-28(5-6-29(15)27-17)20(31)26-13-3-1-11(8-23)2-4-13/h1-4,7,9H,5-6,10H2,(H2,24,30)(H,26,31). The van der Waals surface area contributed by atoms with Crippen molar-refractivity contribution >= 4 is 40.8 Å². The molecule has 2 aromatic heterocycles. The number of benzene rings is 1. The van der Waals surface area contributed by atoms with E-state index in [0.717, 1.165) is 0 Å². The molecule has 1 aromatic carbocycles. The van der Waals surface area contributed by atoms with E-state index in [-0.39, 0.29) is 28.3 Å². The highest BCUT2D eigenvalue weighted by atomic mass is 35.5. The molecule has 0 fully saturated rings. The molecule has 0 atom stereocenters. The predicted molar refractivity (Wildman–Crippen MR) is 115 cm³/mol. The van der Waals surface area contributed by atoms with Gasteiger partial charge in [0, 0.05) is 24.0 Å². The Morgan fingerprint density at radius 2 is 1.94 bits per heavy atom. The zero-order valence-corrected chi connectivity index (χ0v) is 17.5. The van der Waals surface area contributed by atoms with Crippen LogP contribution in [0.4, 0.5) is 10.5 Å². The number of fused-ring (bicyclic) bond motifs is 1. The number of anilines is 1. The van der Waals surface area contributed by atoms with E-state index in [2.05, 4.69) is 15.4 Å². The third kappa shape index (κ3) is 4.03. The first-order chi connectivity index (χ1) is 14.9. The number of carbonyl (C=O) groups excluding carboxylic acids is 2. The first kappa shape index (κ1) is 20.7. The van der Waals surface area contributed by atoms with Crippen LogP contribution >= 0.6 is 23.2 Å². The number of nitrogens with zero attached hydrogens (tertiary/aromatic N) is 5. The summed E-state index contributed by atoms with van der Waals surface area (Å²) in [4.78, 5) is 30.5. The lowest BCUT2D eigenvalue weighted by molar-refractivity contribution is 0.0997. The number of pyridine rings is 1. The van der Waals surface area contributed by atoms with Gasteiger partial charge in [-0.15, -0.1) is 0 Å². The van der Waals surface area contributed by atoms with E-state index < -0.39 is 5.91 Å². The molecule has 0 saturated heterocycles. The fraction of sp³-hybridized carbons (Fsp3) is 0.150. The Bertz CT molecular complexity index is 1230. The van der Waals surface area contributed by atoms with Crippen molar-refractivity contribution in [2.45, 2.75) is 13.1 Å². The van der Waals surface area contributed by atoms with Crippen LogP contribution in [0.2, 0.25) is 10.2 Å². The minimum atomic E-state index is -0.670. The highest BCUT2D eigenvalue weighted by Gasteiger charge is 2.30. The van der Waals surface area contributed by atoms with E-state index in [4.69, 9.17) is 34.2 Å². The smallest absolute Gasteiger partial charge is 0.322 e. The molecule has 11 heteroatoms. The quantitative estimate of drug-likeness (QED) is 0.585. The Labute approximate surface area is 187 Å². The van der Waals surface area contributed by atoms with Crippen molar-refractivity contribution in [3.8, 4) is 17.3 Å². The molecule has 0 bridgehead atoms. The molecular formula is C20H15Cl2N7O2. The number of hydrogen-bond acceptors (Lipinski definition) is 5. The molecular weight excluding hydrogens is 441 g/mol. The lowest BCUT2D eigenvalue weighted by Crippen LogP contribution is -2.41. The van der Waals surface area contributed by atoms with Gasteiger partial charge in [0.25, 0.3) is 5.91 Å². The summed E-state index contributed by atoms with van der Waals surface area (Å²) in [6.07, 6.45) is 1.46. The SMILES string of the molecule is N#Cc1ccc(NC(=O)N2CCn3nc(-c4cnc(Cl)c(Cl)c4)c(C(N)=O)c3C2)cc1. The maximum atomic E-state index is 12.7. The fourth-order valence-electron chi connectivity index (χ4n) is 3.33. The molecule has 3 N–H and O–H groups in total. The zero-order valence-electron chi connectivity index (χ0n) is 16.0. The van der Waals surface area contributed by atoms with Crippen molar-refractivity contribution in [2.75, 3.05) is 11.9 Å². The highest BCUT2D eigenvalue weighted by Crippen LogP contribution is 2.31. The van der Waals surface area contributed by atoms with Crippen LogP contribution < -0.4 is 11.1 Å². The zero-order chi connectivity index (χ0) is 22.1. The van der Waals surface area contributed by atoms with Crippen LogP contribution in [-0.2, 0) is 13.1 Å². The van der Waals surface area contributed by atoms with E-state index in [0.29, 0.717) is 41.3 Å². The van der Waals surface area contributed by atoms with Gasteiger partial charge >= 0.3 is 6.03 Å². The Balaban J connectivity index is 1.61. The normalized spacial score (nSPS) is 12.7. The first-order valence-electron chi connectivity index (χ1n) is 9.14. The second-order valence-electron chi connectivity index (χ2n) is 6.80. The molecule has 3 amide bonds. The van der Waals surface area contributed by atoms with Crippen molar-refractivity contribution < 1.29 is 9.59 Å². The number of nitrogens with one attached hydrogen (secondary N) is 1. The van der Waals surface area contributed by atoms with Gasteiger partial charge in [-0.3, -0.25) is 9.48 Å². The number of aromatic nitrogens is 3. The largest absolute Gasteiger partial charge is 0.365 e. The summed E-state index contributed by atoms with van der Waals surface area (Å²) in [6.45, 7) is 0.904. The van der Waals surface area contributed by atoms with Crippen LogP contribution in [0.3, 0.4) is 0 Å². The van der Waals surface area contributed by atoms with Crippen LogP contribution in [-0.4, -0.2) is 38.1 Å². The Hall–Kier alpha value is -3.61. The molecule has 1 aliphatic heterocycles. The fourth-order valence-corrected chi connectivity index (χ4v) is 3.60. The summed E-state index contributed by atoms with van der Waals surface area (Å²) < 4.78 is 1.66. The molecule has 0 radical (unpaired) electrons. The van der Waals surface area contributed by atoms with E-state index in [1.165, 1.54) is 6.20 Å². The predicted octanol–water partition coefficient (Wildman–Crippen LogP) is 3.27. The van der Waals surface area contributed by atoms with Crippen molar-refractivity contribution in [3.63, 3.8) is 0 Å². The van der Waals surface area contributed by atoms with Gasteiger partial charge in [-0.05, 0) is 30.3 Å². The van der Waals surface area contributed by atoms with Gasteiger partial charge in [0.05, 0.1) is 41.0 Å². The monoisotopic (exact) mass is 455 g/mol. The molecule has 0 spiro atoms. The summed E-state index contributed by atoms with van der Waals surface area (Å²) in [5.74, 6) is -0.670. The number of urea groups is 1. The number of carbonyl (C=O) groups is 2. The van der Waals surface area contributed by atoms with Gasteiger partial charge in [0.1, 0.15) is 10.8 Å². The molecule has 0 unspecified atom stereocenters. The molecule has 0 saturated carbocycles. The van der Waals surface area contributed by atoms with Crippen LogP contribution in [0.5, 0.6) is 0 Å². The van der Waals surface area contributed by atoms with Crippen LogP contribution in [0.1, 0.15) is 21.6 Å². The Morgan fingerprint density at radius 1 is 1.19 bits per heavy atom. The topological polar surface area (TPSA) is 130 Å². The summed E-state index contributed by atoms with van der Waals surface area (Å²) in [5, 5.41) is 16.5. The maximum Gasteiger partial charge on any atom is 0.322 e. The minimum absolute atomic E-state index is 0.140. The van der Waals surface area contributed by atoms with E-state index >= 15 is 0 Å². The number of halogens is 2. The molecule has 4 rings (SSSR count). The van der Waals surface area contributed by atoms with Gasteiger partial charge < -0.3 is 16.0 Å². The van der Waals surface area contributed by atoms with Crippen molar-refractivity contribution in [3.05, 3.63) is 63.5 Å². The average molecular weight is 456 g/mol. The van der Waals surface area contributed by atoms with E-state index in [1.54, 1.807) is 39.9 Å². The van der Waals surface area contributed by atoms with Crippen molar-refractivity contribution in [2.24, 2.45) is 5.73 Å². The van der Waals surface area contributed by atoms with Gasteiger partial charge in [-0.1, -0.05) is 23.2 Å². The van der Waals surface area contributed by atoms with Crippen LogP contribution in [0.15, 0.2) is 36.5 Å². The number of primary amides is 1. The second kappa shape index (κ2) is 8.26. The molecule has 31 heavy (non-hydrogen) atoms. The lowest BCUT2D eigenvalue weighted by Gasteiger charge is -2.28. The molecule has 3 aromatic rings. The van der Waals surface area contributed by atoms with Crippen molar-refractivity contribution in [1.29, 1.82) is 5.26 Å². The summed E-state index contributed by atoms with van der Waals surface area (Å²) in [5.41, 5.74) is 8.26. The summed E-state index contributed by atoms with van der Waals surface area (Å²) in [7, 11) is 0. The van der Waals surface area contributed by atoms with Gasteiger partial charge in [-0.2, -0.15) is 10.4 Å². The highest BCUT2D eigenvalue weighted by molar-refractivity contribution is 6.41. The number of rotatable bonds is 3. The number of hydrogen-bond donors (Lipinski definition) is 2. The maximum absolute atomic E-state index is 12.7. The van der Waals surface area contributed by atoms with E-state index in [1.807, 2.05) is 6.07 Å². The number of amides is 3. The third-order valence-corrected chi connectivity index (χ3v) is 5.53. The molecule has 9 nitrogen and oxygen atoms in total. The molecule has 156 valence electrons. The number of nitrogens with two attached hydrogens (primary N) is 1. The van der Waals surface area contributed by atoms with Gasteiger partial charge in [0.15, 0.2) is 0 Å². The molecule has 0 aliphatic carbocycles. The molecule has 1 aliphatic rings. The van der Waals surface area contributed by atoms with Crippen molar-refractivity contribution in [1.82, 2.24) is 19.7 Å². The third-order valence-electron chi connectivity index (χ3n) is 4.85.